The third-order valence-electron chi connectivity index (χ3n) is 5.22. The maximum atomic E-state index is 13.1. The molecule has 1 heterocycles. The normalized spacial score (nSPS) is 12.7. The Labute approximate surface area is 194 Å². The fourth-order valence-corrected chi connectivity index (χ4v) is 5.48. The lowest BCUT2D eigenvalue weighted by Gasteiger charge is -2.20. The molecule has 0 amide bonds. The number of carbonyl (C=O) groups is 1. The minimum absolute atomic E-state index is 0.0124. The second-order valence-electron chi connectivity index (χ2n) is 7.17. The molecule has 1 aromatic heterocycles. The first-order valence-electron chi connectivity index (χ1n) is 9.61. The van der Waals surface area contributed by atoms with Crippen molar-refractivity contribution in [2.24, 2.45) is 0 Å². The molecule has 0 bridgehead atoms. The summed E-state index contributed by atoms with van der Waals surface area (Å²) < 4.78 is 28.7. The van der Waals surface area contributed by atoms with Gasteiger partial charge < -0.3 is 10.1 Å². The van der Waals surface area contributed by atoms with Crippen LogP contribution in [0.4, 0.5) is 0 Å². The SMILES string of the molecule is O=C(O)c1ccc(Cl)c(S(=O)(=O)NCC(c2ccccc2Cl)c2c[nH]c3ccccc23)c1. The van der Waals surface area contributed by atoms with Crippen LogP contribution in [0.2, 0.25) is 10.0 Å². The summed E-state index contributed by atoms with van der Waals surface area (Å²) in [5.74, 6) is -1.65. The van der Waals surface area contributed by atoms with Crippen LogP contribution in [0, 0.1) is 0 Å². The number of halogens is 2. The van der Waals surface area contributed by atoms with E-state index in [0.29, 0.717) is 5.02 Å². The summed E-state index contributed by atoms with van der Waals surface area (Å²) >= 11 is 12.5. The van der Waals surface area contributed by atoms with Gasteiger partial charge in [-0.2, -0.15) is 0 Å². The highest BCUT2D eigenvalue weighted by Crippen LogP contribution is 2.34. The number of aromatic amines is 1. The van der Waals surface area contributed by atoms with Gasteiger partial charge in [0.05, 0.1) is 10.6 Å². The summed E-state index contributed by atoms with van der Waals surface area (Å²) in [7, 11) is -4.11. The van der Waals surface area contributed by atoms with Crippen LogP contribution in [0.25, 0.3) is 10.9 Å². The summed E-state index contributed by atoms with van der Waals surface area (Å²) in [4.78, 5) is 14.2. The molecule has 3 aromatic carbocycles. The lowest BCUT2D eigenvalue weighted by atomic mass is 9.91. The van der Waals surface area contributed by atoms with E-state index in [-0.39, 0.29) is 22.0 Å². The zero-order valence-electron chi connectivity index (χ0n) is 16.5. The van der Waals surface area contributed by atoms with Gasteiger partial charge in [0.2, 0.25) is 10.0 Å². The second-order valence-corrected chi connectivity index (χ2v) is 9.72. The van der Waals surface area contributed by atoms with Crippen LogP contribution in [-0.2, 0) is 10.0 Å². The van der Waals surface area contributed by atoms with Crippen LogP contribution < -0.4 is 4.72 Å². The molecule has 0 aliphatic heterocycles. The van der Waals surface area contributed by atoms with Crippen LogP contribution in [0.3, 0.4) is 0 Å². The molecule has 6 nitrogen and oxygen atoms in total. The Bertz CT molecular complexity index is 1420. The molecule has 4 aromatic rings. The van der Waals surface area contributed by atoms with E-state index >= 15 is 0 Å². The average Bonchev–Trinajstić information content (AvgIpc) is 3.19. The zero-order valence-corrected chi connectivity index (χ0v) is 18.9. The number of carboxylic acid groups (broad SMARTS) is 1. The number of para-hydroxylation sites is 1. The van der Waals surface area contributed by atoms with Crippen molar-refractivity contribution in [2.75, 3.05) is 6.54 Å². The second kappa shape index (κ2) is 8.96. The van der Waals surface area contributed by atoms with E-state index in [0.717, 1.165) is 28.1 Å². The standard InChI is InChI=1S/C23H18Cl2N2O4S/c24-19-7-3-1-5-15(19)18(17-12-26-21-8-4-2-6-16(17)21)13-27-32(30,31)22-11-14(23(28)29)9-10-20(22)25/h1-12,18,26-27H,13H2,(H,28,29). The van der Waals surface area contributed by atoms with Crippen molar-refractivity contribution < 1.29 is 18.3 Å². The molecular weight excluding hydrogens is 471 g/mol. The first-order valence-corrected chi connectivity index (χ1v) is 11.8. The number of benzene rings is 3. The Kier molecular flexibility index (Phi) is 6.26. The summed E-state index contributed by atoms with van der Waals surface area (Å²) in [6.45, 7) is -0.0124. The zero-order chi connectivity index (χ0) is 22.9. The Hall–Kier alpha value is -2.84. The highest BCUT2D eigenvalue weighted by atomic mass is 35.5. The Morgan fingerprint density at radius 2 is 1.69 bits per heavy atom. The van der Waals surface area contributed by atoms with E-state index in [1.165, 1.54) is 12.1 Å². The topological polar surface area (TPSA) is 99.3 Å². The van der Waals surface area contributed by atoms with Gasteiger partial charge in [0.15, 0.2) is 0 Å². The first kappa shape index (κ1) is 22.4. The van der Waals surface area contributed by atoms with Gasteiger partial charge in [-0.15, -0.1) is 0 Å². The Morgan fingerprint density at radius 3 is 2.44 bits per heavy atom. The number of H-pyrrole nitrogens is 1. The van der Waals surface area contributed by atoms with Gasteiger partial charge in [-0.25, -0.2) is 17.9 Å². The smallest absolute Gasteiger partial charge is 0.335 e. The van der Waals surface area contributed by atoms with Crippen LogP contribution in [0.15, 0.2) is 77.8 Å². The number of hydrogen-bond donors (Lipinski definition) is 3. The van der Waals surface area contributed by atoms with Gasteiger partial charge in [-0.05, 0) is 41.5 Å². The number of sulfonamides is 1. The third-order valence-corrected chi connectivity index (χ3v) is 7.47. The Morgan fingerprint density at radius 1 is 0.969 bits per heavy atom. The molecule has 0 aliphatic carbocycles. The number of nitrogens with one attached hydrogen (secondary N) is 2. The molecule has 32 heavy (non-hydrogen) atoms. The van der Waals surface area contributed by atoms with Gasteiger partial charge in [-0.1, -0.05) is 59.6 Å². The quantitative estimate of drug-likeness (QED) is 0.329. The molecule has 0 saturated carbocycles. The largest absolute Gasteiger partial charge is 0.478 e. The third kappa shape index (κ3) is 4.38. The maximum Gasteiger partial charge on any atom is 0.335 e. The number of rotatable bonds is 7. The fraction of sp³-hybridized carbons (Fsp3) is 0.0870. The highest BCUT2D eigenvalue weighted by molar-refractivity contribution is 7.89. The van der Waals surface area contributed by atoms with E-state index in [2.05, 4.69) is 9.71 Å². The van der Waals surface area contributed by atoms with Crippen LogP contribution in [0.1, 0.15) is 27.4 Å². The fourth-order valence-electron chi connectivity index (χ4n) is 3.64. The van der Waals surface area contributed by atoms with E-state index in [1.807, 2.05) is 42.6 Å². The molecule has 0 radical (unpaired) electrons. The highest BCUT2D eigenvalue weighted by Gasteiger charge is 2.25. The van der Waals surface area contributed by atoms with Gasteiger partial charge >= 0.3 is 5.97 Å². The van der Waals surface area contributed by atoms with E-state index in [9.17, 15) is 18.3 Å². The summed E-state index contributed by atoms with van der Waals surface area (Å²) in [5.41, 5.74) is 2.38. The molecular formula is C23H18Cl2N2O4S. The Balaban J connectivity index is 1.74. The maximum absolute atomic E-state index is 13.1. The lowest BCUT2D eigenvalue weighted by molar-refractivity contribution is 0.0696. The van der Waals surface area contributed by atoms with Crippen LogP contribution in [0.5, 0.6) is 0 Å². The van der Waals surface area contributed by atoms with Crippen molar-refractivity contribution in [1.29, 1.82) is 0 Å². The molecule has 3 N–H and O–H groups in total. The molecule has 9 heteroatoms. The minimum atomic E-state index is -4.11. The van der Waals surface area contributed by atoms with Crippen LogP contribution in [-0.4, -0.2) is 31.0 Å². The van der Waals surface area contributed by atoms with Crippen molar-refractivity contribution in [3.63, 3.8) is 0 Å². The molecule has 0 spiro atoms. The molecule has 164 valence electrons. The predicted molar refractivity (Wildman–Crippen MR) is 125 cm³/mol. The molecule has 4 rings (SSSR count). The predicted octanol–water partition coefficient (Wildman–Crippen LogP) is 5.28. The van der Waals surface area contributed by atoms with E-state index < -0.39 is 21.9 Å². The van der Waals surface area contributed by atoms with Gasteiger partial charge in [0, 0.05) is 34.6 Å². The van der Waals surface area contributed by atoms with Gasteiger partial charge in [0.1, 0.15) is 4.90 Å². The molecule has 0 saturated heterocycles. The lowest BCUT2D eigenvalue weighted by Crippen LogP contribution is -2.29. The number of aromatic carboxylic acids is 1. The molecule has 0 fully saturated rings. The van der Waals surface area contributed by atoms with E-state index in [1.54, 1.807) is 12.1 Å². The van der Waals surface area contributed by atoms with Crippen molar-refractivity contribution >= 4 is 50.1 Å². The first-order chi connectivity index (χ1) is 15.3. The molecule has 1 unspecified atom stereocenters. The number of fused-ring (bicyclic) bond motifs is 1. The number of aromatic nitrogens is 1. The number of hydrogen-bond acceptors (Lipinski definition) is 3. The summed E-state index contributed by atoms with van der Waals surface area (Å²) in [5, 5.41) is 10.6. The average molecular weight is 489 g/mol. The van der Waals surface area contributed by atoms with Gasteiger partial charge in [-0.3, -0.25) is 0 Å². The summed E-state index contributed by atoms with van der Waals surface area (Å²) in [6, 6.07) is 18.5. The van der Waals surface area contributed by atoms with E-state index in [4.69, 9.17) is 23.2 Å². The van der Waals surface area contributed by atoms with Gasteiger partial charge in [0.25, 0.3) is 0 Å². The van der Waals surface area contributed by atoms with Crippen molar-refractivity contribution in [3.8, 4) is 0 Å². The minimum Gasteiger partial charge on any atom is -0.478 e. The molecule has 1 atom stereocenters. The summed E-state index contributed by atoms with van der Waals surface area (Å²) in [6.07, 6.45) is 1.84. The number of carboxylic acids is 1. The van der Waals surface area contributed by atoms with Crippen molar-refractivity contribution in [1.82, 2.24) is 9.71 Å². The monoisotopic (exact) mass is 488 g/mol. The molecule has 0 aliphatic rings. The van der Waals surface area contributed by atoms with Crippen LogP contribution >= 0.6 is 23.2 Å². The van der Waals surface area contributed by atoms with Crippen molar-refractivity contribution in [3.05, 3.63) is 99.7 Å². The van der Waals surface area contributed by atoms with Crippen molar-refractivity contribution in [2.45, 2.75) is 10.8 Å².